The monoisotopic (exact) mass is 327 g/mol. The normalized spacial score (nSPS) is 11.1. The molecule has 1 rings (SSSR count). The standard InChI is InChI=1S/C8H7BrClNO4S/c9-6-3-5(1-2-7(6)10)11-16(14,15)4-8(12)13/h1-3,11H,4H2,(H,12,13). The molecule has 1 aromatic rings. The van der Waals surface area contributed by atoms with Crippen LogP contribution in [0.15, 0.2) is 22.7 Å². The van der Waals surface area contributed by atoms with E-state index in [-0.39, 0.29) is 5.69 Å². The van der Waals surface area contributed by atoms with Crippen molar-refractivity contribution in [3.63, 3.8) is 0 Å². The quantitative estimate of drug-likeness (QED) is 0.884. The number of rotatable bonds is 4. The molecule has 88 valence electrons. The van der Waals surface area contributed by atoms with E-state index in [4.69, 9.17) is 16.7 Å². The van der Waals surface area contributed by atoms with Gasteiger partial charge >= 0.3 is 5.97 Å². The van der Waals surface area contributed by atoms with Crippen molar-refractivity contribution in [3.8, 4) is 0 Å². The second kappa shape index (κ2) is 5.03. The zero-order chi connectivity index (χ0) is 12.3. The molecule has 0 aliphatic heterocycles. The third-order valence-electron chi connectivity index (χ3n) is 1.51. The number of hydrogen-bond donors (Lipinski definition) is 2. The molecule has 0 bridgehead atoms. The summed E-state index contributed by atoms with van der Waals surface area (Å²) in [4.78, 5) is 10.3. The number of carboxylic acids is 1. The molecule has 0 aromatic heterocycles. The molecule has 0 heterocycles. The molecular formula is C8H7BrClNO4S. The molecule has 2 N–H and O–H groups in total. The highest BCUT2D eigenvalue weighted by Gasteiger charge is 2.15. The van der Waals surface area contributed by atoms with Gasteiger partial charge in [-0.15, -0.1) is 0 Å². The highest BCUT2D eigenvalue weighted by molar-refractivity contribution is 9.10. The molecule has 0 aliphatic rings. The van der Waals surface area contributed by atoms with Gasteiger partial charge in [-0.3, -0.25) is 9.52 Å². The molecule has 1 aromatic carbocycles. The number of aliphatic carboxylic acids is 1. The number of carboxylic acid groups (broad SMARTS) is 1. The largest absolute Gasteiger partial charge is 0.480 e. The van der Waals surface area contributed by atoms with E-state index in [9.17, 15) is 13.2 Å². The zero-order valence-electron chi connectivity index (χ0n) is 7.78. The fraction of sp³-hybridized carbons (Fsp3) is 0.125. The van der Waals surface area contributed by atoms with Gasteiger partial charge in [-0.05, 0) is 34.1 Å². The molecule has 8 heteroatoms. The molecule has 0 unspecified atom stereocenters. The molecule has 0 saturated heterocycles. The molecule has 0 radical (unpaired) electrons. The van der Waals surface area contributed by atoms with Crippen molar-refractivity contribution in [2.24, 2.45) is 0 Å². The number of nitrogens with one attached hydrogen (secondary N) is 1. The first-order chi connectivity index (χ1) is 7.30. The predicted molar refractivity (Wildman–Crippen MR) is 64.2 cm³/mol. The molecule has 0 saturated carbocycles. The van der Waals surface area contributed by atoms with E-state index < -0.39 is 21.7 Å². The van der Waals surface area contributed by atoms with Crippen LogP contribution in [0.4, 0.5) is 5.69 Å². The Morgan fingerprint density at radius 2 is 2.12 bits per heavy atom. The third-order valence-corrected chi connectivity index (χ3v) is 3.89. The first-order valence-electron chi connectivity index (χ1n) is 3.97. The summed E-state index contributed by atoms with van der Waals surface area (Å²) in [5.41, 5.74) is 0.248. The van der Waals surface area contributed by atoms with Crippen LogP contribution in [0.3, 0.4) is 0 Å². The van der Waals surface area contributed by atoms with E-state index >= 15 is 0 Å². The van der Waals surface area contributed by atoms with E-state index in [1.165, 1.54) is 18.2 Å². The molecule has 0 amide bonds. The Balaban J connectivity index is 2.88. The van der Waals surface area contributed by atoms with E-state index in [1.54, 1.807) is 0 Å². The third kappa shape index (κ3) is 3.99. The topological polar surface area (TPSA) is 83.5 Å². The highest BCUT2D eigenvalue weighted by Crippen LogP contribution is 2.25. The van der Waals surface area contributed by atoms with Crippen molar-refractivity contribution >= 4 is 49.2 Å². The van der Waals surface area contributed by atoms with Crippen molar-refractivity contribution in [2.75, 3.05) is 10.5 Å². The molecule has 0 spiro atoms. The van der Waals surface area contributed by atoms with Crippen LogP contribution in [-0.2, 0) is 14.8 Å². The van der Waals surface area contributed by atoms with Crippen LogP contribution in [0.5, 0.6) is 0 Å². The van der Waals surface area contributed by atoms with Gasteiger partial charge in [0, 0.05) is 10.2 Å². The molecule has 5 nitrogen and oxygen atoms in total. The summed E-state index contributed by atoms with van der Waals surface area (Å²) in [6, 6.07) is 4.37. The summed E-state index contributed by atoms with van der Waals surface area (Å²) >= 11 is 8.84. The van der Waals surface area contributed by atoms with Gasteiger partial charge in [0.15, 0.2) is 5.75 Å². The summed E-state index contributed by atoms with van der Waals surface area (Å²) in [5.74, 6) is -2.40. The van der Waals surface area contributed by atoms with Crippen molar-refractivity contribution in [1.29, 1.82) is 0 Å². The van der Waals surface area contributed by atoms with Crippen LogP contribution < -0.4 is 4.72 Å². The van der Waals surface area contributed by atoms with Crippen molar-refractivity contribution < 1.29 is 18.3 Å². The Morgan fingerprint density at radius 1 is 1.50 bits per heavy atom. The number of sulfonamides is 1. The minimum absolute atomic E-state index is 0.248. The van der Waals surface area contributed by atoms with Crippen LogP contribution in [0, 0.1) is 0 Å². The lowest BCUT2D eigenvalue weighted by molar-refractivity contribution is -0.134. The summed E-state index contributed by atoms with van der Waals surface area (Å²) < 4.78 is 25.2. The maximum atomic E-state index is 11.3. The van der Waals surface area contributed by atoms with Crippen LogP contribution in [0.1, 0.15) is 0 Å². The van der Waals surface area contributed by atoms with Gasteiger partial charge in [0.2, 0.25) is 10.0 Å². The van der Waals surface area contributed by atoms with Gasteiger partial charge in [-0.2, -0.15) is 0 Å². The number of halogens is 2. The average Bonchev–Trinajstić information content (AvgIpc) is 2.08. The smallest absolute Gasteiger partial charge is 0.320 e. The first-order valence-corrected chi connectivity index (χ1v) is 6.80. The number of benzene rings is 1. The first kappa shape index (κ1) is 13.3. The lowest BCUT2D eigenvalue weighted by atomic mass is 10.3. The molecule has 16 heavy (non-hydrogen) atoms. The van der Waals surface area contributed by atoms with Gasteiger partial charge in [0.25, 0.3) is 0 Å². The van der Waals surface area contributed by atoms with Gasteiger partial charge in [0.1, 0.15) is 0 Å². The predicted octanol–water partition coefficient (Wildman–Crippen LogP) is 1.93. The lowest BCUT2D eigenvalue weighted by Crippen LogP contribution is -2.22. The molecule has 0 atom stereocenters. The van der Waals surface area contributed by atoms with Crippen LogP contribution >= 0.6 is 27.5 Å². The van der Waals surface area contributed by atoms with Gasteiger partial charge < -0.3 is 5.11 Å². The molecular weight excluding hydrogens is 322 g/mol. The summed E-state index contributed by atoms with van der Waals surface area (Å²) in [5, 5.41) is 8.81. The minimum Gasteiger partial charge on any atom is -0.480 e. The van der Waals surface area contributed by atoms with Crippen molar-refractivity contribution in [3.05, 3.63) is 27.7 Å². The summed E-state index contributed by atoms with van der Waals surface area (Å²) in [6.45, 7) is 0. The van der Waals surface area contributed by atoms with E-state index in [2.05, 4.69) is 20.7 Å². The Morgan fingerprint density at radius 3 is 2.62 bits per heavy atom. The number of carbonyl (C=O) groups is 1. The summed E-state index contributed by atoms with van der Waals surface area (Å²) in [7, 11) is -3.88. The maximum Gasteiger partial charge on any atom is 0.320 e. The zero-order valence-corrected chi connectivity index (χ0v) is 10.9. The van der Waals surface area contributed by atoms with Crippen LogP contribution in [0.2, 0.25) is 5.02 Å². The Hall–Kier alpha value is -0.790. The highest BCUT2D eigenvalue weighted by atomic mass is 79.9. The van der Waals surface area contributed by atoms with E-state index in [1.807, 2.05) is 0 Å². The second-order valence-corrected chi connectivity index (χ2v) is 5.87. The molecule has 0 fully saturated rings. The van der Waals surface area contributed by atoms with E-state index in [0.717, 1.165) is 0 Å². The van der Waals surface area contributed by atoms with Crippen molar-refractivity contribution in [2.45, 2.75) is 0 Å². The SMILES string of the molecule is O=C(O)CS(=O)(=O)Nc1ccc(Cl)c(Br)c1. The Kier molecular flexibility index (Phi) is 4.17. The minimum atomic E-state index is -3.88. The van der Waals surface area contributed by atoms with Crippen molar-refractivity contribution in [1.82, 2.24) is 0 Å². The Bertz CT molecular complexity index is 517. The number of hydrogen-bond acceptors (Lipinski definition) is 3. The van der Waals surface area contributed by atoms with Crippen LogP contribution in [0.25, 0.3) is 0 Å². The average molecular weight is 329 g/mol. The fourth-order valence-electron chi connectivity index (χ4n) is 0.938. The maximum absolute atomic E-state index is 11.3. The van der Waals surface area contributed by atoms with E-state index in [0.29, 0.717) is 9.50 Å². The Labute approximate surface area is 106 Å². The lowest BCUT2D eigenvalue weighted by Gasteiger charge is -2.06. The van der Waals surface area contributed by atoms with Gasteiger partial charge in [-0.25, -0.2) is 8.42 Å². The van der Waals surface area contributed by atoms with Gasteiger partial charge in [0.05, 0.1) is 5.02 Å². The molecule has 0 aliphatic carbocycles. The van der Waals surface area contributed by atoms with Gasteiger partial charge in [-0.1, -0.05) is 11.6 Å². The fourth-order valence-corrected chi connectivity index (χ4v) is 2.32. The summed E-state index contributed by atoms with van der Waals surface area (Å²) in [6.07, 6.45) is 0. The number of anilines is 1. The van der Waals surface area contributed by atoms with Crippen LogP contribution in [-0.4, -0.2) is 25.2 Å². The second-order valence-electron chi connectivity index (χ2n) is 2.88.